The number of aromatic nitrogens is 4. The normalized spacial score (nSPS) is 10.8. The standard InChI is InChI=1S/C17H12ClF3N2O.C11H9BrClFN2O/c1-9-17(24-15-6-4-10(19)7-13(15)18)16(23(2)22-9)12-5-3-11(20)8-14(12)21;1-6-10(11(12)16(2)15-6)17-9-4-3-7(14)5-8(9)13/h3-8H,1-2H3;3-5H,1-2H3. The fraction of sp³-hybridized carbons (Fsp3) is 0.143. The third-order valence-corrected chi connectivity index (χ3v) is 7.13. The van der Waals surface area contributed by atoms with Crippen molar-refractivity contribution in [3.05, 3.63) is 104 Å². The Labute approximate surface area is 251 Å². The zero-order valence-corrected chi connectivity index (χ0v) is 25.0. The molecule has 0 radical (unpaired) electrons. The molecule has 214 valence electrons. The molecule has 3 aromatic carbocycles. The summed E-state index contributed by atoms with van der Waals surface area (Å²) in [6.45, 7) is 3.50. The molecule has 2 aromatic heterocycles. The number of nitrogens with zero attached hydrogens (tertiary/aromatic N) is 4. The van der Waals surface area contributed by atoms with Crippen molar-refractivity contribution in [3.8, 4) is 34.3 Å². The molecule has 0 aliphatic rings. The van der Waals surface area contributed by atoms with E-state index in [-0.39, 0.29) is 27.1 Å². The molecule has 0 saturated carbocycles. The van der Waals surface area contributed by atoms with E-state index in [1.165, 1.54) is 41.1 Å². The largest absolute Gasteiger partial charge is 0.452 e. The Balaban J connectivity index is 0.000000201. The van der Waals surface area contributed by atoms with Crippen molar-refractivity contribution >= 4 is 39.1 Å². The lowest BCUT2D eigenvalue weighted by Crippen LogP contribution is -1.97. The van der Waals surface area contributed by atoms with Crippen molar-refractivity contribution in [3.63, 3.8) is 0 Å². The molecule has 2 heterocycles. The minimum absolute atomic E-state index is 0.0729. The fourth-order valence-corrected chi connectivity index (χ4v) is 4.66. The highest BCUT2D eigenvalue weighted by Crippen LogP contribution is 2.39. The molecule has 41 heavy (non-hydrogen) atoms. The molecule has 0 saturated heterocycles. The first-order valence-electron chi connectivity index (χ1n) is 11.8. The van der Waals surface area contributed by atoms with Crippen molar-refractivity contribution in [2.24, 2.45) is 14.1 Å². The molecule has 5 rings (SSSR count). The molecule has 0 fully saturated rings. The maximum atomic E-state index is 14.2. The first-order valence-corrected chi connectivity index (χ1v) is 13.3. The average molecular weight is 672 g/mol. The highest BCUT2D eigenvalue weighted by Gasteiger charge is 2.21. The molecule has 0 bridgehead atoms. The topological polar surface area (TPSA) is 54.1 Å². The zero-order chi connectivity index (χ0) is 30.0. The van der Waals surface area contributed by atoms with Crippen molar-refractivity contribution in [1.82, 2.24) is 19.6 Å². The van der Waals surface area contributed by atoms with Gasteiger partial charge in [0.15, 0.2) is 11.5 Å². The SMILES string of the molecule is Cc1nn(C)c(-c2ccc(F)cc2F)c1Oc1ccc(F)cc1Cl.Cc1nn(C)c(Br)c1Oc1ccc(F)cc1Cl. The minimum Gasteiger partial charge on any atom is -0.452 e. The molecule has 6 nitrogen and oxygen atoms in total. The zero-order valence-electron chi connectivity index (χ0n) is 21.9. The van der Waals surface area contributed by atoms with Crippen LogP contribution >= 0.6 is 39.1 Å². The molecular formula is C28H21BrCl2F4N4O2. The Kier molecular flexibility index (Phi) is 9.31. The summed E-state index contributed by atoms with van der Waals surface area (Å²) in [7, 11) is 3.40. The quantitative estimate of drug-likeness (QED) is 0.175. The maximum absolute atomic E-state index is 14.2. The summed E-state index contributed by atoms with van der Waals surface area (Å²) < 4.78 is 68.5. The van der Waals surface area contributed by atoms with Gasteiger partial charge in [-0.3, -0.25) is 9.36 Å². The van der Waals surface area contributed by atoms with Gasteiger partial charge in [-0.05, 0) is 78.3 Å². The van der Waals surface area contributed by atoms with Crippen molar-refractivity contribution in [2.75, 3.05) is 0 Å². The van der Waals surface area contributed by atoms with Crippen LogP contribution in [0, 0.1) is 37.1 Å². The lowest BCUT2D eigenvalue weighted by atomic mass is 10.1. The summed E-state index contributed by atoms with van der Waals surface area (Å²) in [6, 6.07) is 10.9. The van der Waals surface area contributed by atoms with Gasteiger partial charge in [-0.15, -0.1) is 0 Å². The second-order valence-corrected chi connectivity index (χ2v) is 10.3. The minimum atomic E-state index is -0.743. The number of benzene rings is 3. The van der Waals surface area contributed by atoms with E-state index in [0.717, 1.165) is 23.9 Å². The predicted octanol–water partition coefficient (Wildman–Crippen LogP) is 9.33. The Bertz CT molecular complexity index is 1740. The van der Waals surface area contributed by atoms with Crippen LogP contribution in [0.5, 0.6) is 23.0 Å². The number of hydrogen-bond donors (Lipinski definition) is 0. The Morgan fingerprint density at radius 2 is 1.15 bits per heavy atom. The van der Waals surface area contributed by atoms with Crippen molar-refractivity contribution < 1.29 is 27.0 Å². The van der Waals surface area contributed by atoms with Gasteiger partial charge in [-0.2, -0.15) is 10.2 Å². The molecule has 0 unspecified atom stereocenters. The highest BCUT2D eigenvalue weighted by molar-refractivity contribution is 9.10. The van der Waals surface area contributed by atoms with E-state index >= 15 is 0 Å². The molecular weight excluding hydrogens is 651 g/mol. The van der Waals surface area contributed by atoms with Crippen LogP contribution in [0.25, 0.3) is 11.3 Å². The van der Waals surface area contributed by atoms with E-state index in [0.29, 0.717) is 27.5 Å². The van der Waals surface area contributed by atoms with Gasteiger partial charge in [0.05, 0.1) is 10.0 Å². The van der Waals surface area contributed by atoms with E-state index in [4.69, 9.17) is 32.7 Å². The molecule has 0 spiro atoms. The van der Waals surface area contributed by atoms with Crippen LogP contribution in [0.4, 0.5) is 17.6 Å². The van der Waals surface area contributed by atoms with E-state index in [1.807, 2.05) is 6.92 Å². The number of hydrogen-bond acceptors (Lipinski definition) is 4. The lowest BCUT2D eigenvalue weighted by Gasteiger charge is -2.11. The summed E-state index contributed by atoms with van der Waals surface area (Å²) in [5.41, 5.74) is 1.66. The van der Waals surface area contributed by atoms with Crippen LogP contribution in [0.15, 0.2) is 59.2 Å². The summed E-state index contributed by atoms with van der Waals surface area (Å²) in [6.07, 6.45) is 0. The van der Waals surface area contributed by atoms with Gasteiger partial charge in [0.25, 0.3) is 0 Å². The summed E-state index contributed by atoms with van der Waals surface area (Å²) in [4.78, 5) is 0. The molecule has 5 aromatic rings. The van der Waals surface area contributed by atoms with Gasteiger partial charge >= 0.3 is 0 Å². The van der Waals surface area contributed by atoms with Gasteiger partial charge in [-0.25, -0.2) is 17.6 Å². The van der Waals surface area contributed by atoms with Gasteiger partial charge in [0.2, 0.25) is 0 Å². The smallest absolute Gasteiger partial charge is 0.182 e. The fourth-order valence-electron chi connectivity index (χ4n) is 3.80. The van der Waals surface area contributed by atoms with Crippen LogP contribution in [0.2, 0.25) is 10.0 Å². The molecule has 13 heteroatoms. The second-order valence-electron chi connectivity index (χ2n) is 8.69. The Morgan fingerprint density at radius 3 is 1.63 bits per heavy atom. The number of aryl methyl sites for hydroxylation is 4. The Hall–Kier alpha value is -3.54. The van der Waals surface area contributed by atoms with E-state index < -0.39 is 23.3 Å². The van der Waals surface area contributed by atoms with E-state index in [2.05, 4.69) is 26.1 Å². The van der Waals surface area contributed by atoms with Gasteiger partial charge in [-0.1, -0.05) is 23.2 Å². The van der Waals surface area contributed by atoms with E-state index in [1.54, 1.807) is 25.7 Å². The van der Waals surface area contributed by atoms with Gasteiger partial charge < -0.3 is 9.47 Å². The van der Waals surface area contributed by atoms with Crippen LogP contribution in [-0.2, 0) is 14.1 Å². The first-order chi connectivity index (χ1) is 19.3. The van der Waals surface area contributed by atoms with Crippen LogP contribution < -0.4 is 9.47 Å². The number of ether oxygens (including phenoxy) is 2. The van der Waals surface area contributed by atoms with E-state index in [9.17, 15) is 17.6 Å². The lowest BCUT2D eigenvalue weighted by molar-refractivity contribution is 0.473. The van der Waals surface area contributed by atoms with Crippen molar-refractivity contribution in [1.29, 1.82) is 0 Å². The highest BCUT2D eigenvalue weighted by atomic mass is 79.9. The number of halogens is 7. The average Bonchev–Trinajstić information content (AvgIpc) is 3.30. The first kappa shape index (κ1) is 30.4. The molecule has 0 N–H and O–H groups in total. The Morgan fingerprint density at radius 1 is 0.683 bits per heavy atom. The van der Waals surface area contributed by atoms with Crippen LogP contribution in [0.3, 0.4) is 0 Å². The van der Waals surface area contributed by atoms with Gasteiger partial charge in [0.1, 0.15) is 56.5 Å². The summed E-state index contributed by atoms with van der Waals surface area (Å²) in [5.74, 6) is -0.892. The molecule has 0 atom stereocenters. The third kappa shape index (κ3) is 6.86. The third-order valence-electron chi connectivity index (χ3n) is 5.67. The molecule has 0 amide bonds. The second kappa shape index (κ2) is 12.5. The van der Waals surface area contributed by atoms with Gasteiger partial charge in [0, 0.05) is 25.7 Å². The van der Waals surface area contributed by atoms with Crippen LogP contribution in [-0.4, -0.2) is 19.6 Å². The van der Waals surface area contributed by atoms with Crippen LogP contribution in [0.1, 0.15) is 11.4 Å². The number of rotatable bonds is 5. The summed E-state index contributed by atoms with van der Waals surface area (Å²) in [5, 5.41) is 8.69. The monoisotopic (exact) mass is 670 g/mol. The van der Waals surface area contributed by atoms with Crippen molar-refractivity contribution in [2.45, 2.75) is 13.8 Å². The maximum Gasteiger partial charge on any atom is 0.182 e. The molecule has 0 aliphatic carbocycles. The predicted molar refractivity (Wildman–Crippen MR) is 152 cm³/mol. The summed E-state index contributed by atoms with van der Waals surface area (Å²) >= 11 is 15.2. The molecule has 0 aliphatic heterocycles.